The van der Waals surface area contributed by atoms with Crippen LogP contribution in [0.25, 0.3) is 10.9 Å². The molecule has 0 fully saturated rings. The highest BCUT2D eigenvalue weighted by atomic mass is 79.9. The summed E-state index contributed by atoms with van der Waals surface area (Å²) >= 11 is 3.13. The van der Waals surface area contributed by atoms with Crippen LogP contribution in [0, 0.1) is 5.82 Å². The molecule has 0 aliphatic carbocycles. The summed E-state index contributed by atoms with van der Waals surface area (Å²) in [7, 11) is 0. The van der Waals surface area contributed by atoms with Gasteiger partial charge < -0.3 is 0 Å². The molecule has 1 heterocycles. The smallest absolute Gasteiger partial charge is 0.167 e. The number of aromatic nitrogens is 1. The Balaban J connectivity index is 1.87. The molecule has 0 saturated carbocycles. The lowest BCUT2D eigenvalue weighted by atomic mass is 10.0. The van der Waals surface area contributed by atoms with Gasteiger partial charge in [0.1, 0.15) is 5.82 Å². The number of pyridine rings is 1. The fraction of sp³-hybridized carbons (Fsp3) is 0.0588. The summed E-state index contributed by atoms with van der Waals surface area (Å²) in [4.78, 5) is 16.6. The number of carbonyl (C=O) groups excluding carboxylic acids is 1. The summed E-state index contributed by atoms with van der Waals surface area (Å²) in [5.74, 6) is -0.331. The van der Waals surface area contributed by atoms with Gasteiger partial charge in [-0.1, -0.05) is 12.1 Å². The van der Waals surface area contributed by atoms with Gasteiger partial charge in [0.25, 0.3) is 0 Å². The Kier molecular flexibility index (Phi) is 3.80. The second-order valence-corrected chi connectivity index (χ2v) is 5.61. The highest BCUT2D eigenvalue weighted by Gasteiger charge is 2.09. The van der Waals surface area contributed by atoms with E-state index in [0.717, 1.165) is 16.5 Å². The van der Waals surface area contributed by atoms with Crippen molar-refractivity contribution in [3.05, 3.63) is 76.1 Å². The number of halogens is 2. The second-order valence-electron chi connectivity index (χ2n) is 4.76. The van der Waals surface area contributed by atoms with Gasteiger partial charge in [0.15, 0.2) is 5.78 Å². The first-order chi connectivity index (χ1) is 10.1. The molecule has 1 aromatic heterocycles. The lowest BCUT2D eigenvalue weighted by Gasteiger charge is -2.04. The third kappa shape index (κ3) is 3.00. The first-order valence-corrected chi connectivity index (χ1v) is 7.25. The van der Waals surface area contributed by atoms with Crippen molar-refractivity contribution in [3.8, 4) is 0 Å². The minimum Gasteiger partial charge on any atom is -0.294 e. The predicted molar refractivity (Wildman–Crippen MR) is 83.9 cm³/mol. The lowest BCUT2D eigenvalue weighted by molar-refractivity contribution is 0.0993. The molecule has 0 unspecified atom stereocenters. The van der Waals surface area contributed by atoms with Crippen molar-refractivity contribution in [3.63, 3.8) is 0 Å². The Morgan fingerprint density at radius 3 is 2.81 bits per heavy atom. The van der Waals surface area contributed by atoms with E-state index in [2.05, 4.69) is 20.9 Å². The molecule has 2 aromatic carbocycles. The third-order valence-corrected chi connectivity index (χ3v) is 3.88. The van der Waals surface area contributed by atoms with Gasteiger partial charge in [-0.15, -0.1) is 0 Å². The average Bonchev–Trinajstić information content (AvgIpc) is 2.50. The maximum absolute atomic E-state index is 13.2. The summed E-state index contributed by atoms with van der Waals surface area (Å²) < 4.78 is 13.6. The number of ketones is 1. The summed E-state index contributed by atoms with van der Waals surface area (Å²) in [5.41, 5.74) is 2.27. The van der Waals surface area contributed by atoms with Gasteiger partial charge in [0, 0.05) is 23.6 Å². The van der Waals surface area contributed by atoms with Crippen molar-refractivity contribution in [1.82, 2.24) is 4.98 Å². The standard InChI is InChI=1S/C17H11BrFNO/c18-14-8-11(3-5-15(14)19)9-17(21)13-4-6-16-12(10-13)2-1-7-20-16/h1-8,10H,9H2. The average molecular weight is 344 g/mol. The zero-order valence-electron chi connectivity index (χ0n) is 11.0. The van der Waals surface area contributed by atoms with Crippen molar-refractivity contribution >= 4 is 32.6 Å². The molecule has 3 rings (SSSR count). The molecule has 0 radical (unpaired) electrons. The number of carbonyl (C=O) groups is 1. The van der Waals surface area contributed by atoms with E-state index >= 15 is 0 Å². The van der Waals surface area contributed by atoms with Crippen LogP contribution in [0.4, 0.5) is 4.39 Å². The van der Waals surface area contributed by atoms with Crippen molar-refractivity contribution in [2.24, 2.45) is 0 Å². The molecule has 0 amide bonds. The summed E-state index contributed by atoms with van der Waals surface area (Å²) in [6.07, 6.45) is 1.96. The van der Waals surface area contributed by atoms with E-state index < -0.39 is 0 Å². The molecule has 0 spiro atoms. The number of nitrogens with zero attached hydrogens (tertiary/aromatic N) is 1. The van der Waals surface area contributed by atoms with Crippen LogP contribution in [0.15, 0.2) is 59.2 Å². The summed E-state index contributed by atoms with van der Waals surface area (Å²) in [5, 5.41) is 0.934. The minimum atomic E-state index is -0.331. The van der Waals surface area contributed by atoms with Gasteiger partial charge in [-0.25, -0.2) is 4.39 Å². The van der Waals surface area contributed by atoms with Crippen molar-refractivity contribution < 1.29 is 9.18 Å². The van der Waals surface area contributed by atoms with Crippen LogP contribution in [0.1, 0.15) is 15.9 Å². The first kappa shape index (κ1) is 13.9. The SMILES string of the molecule is O=C(Cc1ccc(F)c(Br)c1)c1ccc2ncccc2c1. The van der Waals surface area contributed by atoms with Crippen LogP contribution < -0.4 is 0 Å². The minimum absolute atomic E-state index is 0.000684. The highest BCUT2D eigenvalue weighted by Crippen LogP contribution is 2.19. The molecule has 2 nitrogen and oxygen atoms in total. The zero-order valence-corrected chi connectivity index (χ0v) is 12.6. The first-order valence-electron chi connectivity index (χ1n) is 6.45. The van der Waals surface area contributed by atoms with E-state index in [1.54, 1.807) is 24.4 Å². The van der Waals surface area contributed by atoms with Gasteiger partial charge >= 0.3 is 0 Å². The number of rotatable bonds is 3. The topological polar surface area (TPSA) is 30.0 Å². The lowest BCUT2D eigenvalue weighted by Crippen LogP contribution is -2.03. The molecule has 3 aromatic rings. The molecule has 0 bridgehead atoms. The van der Waals surface area contributed by atoms with Gasteiger partial charge in [-0.2, -0.15) is 0 Å². The quantitative estimate of drug-likeness (QED) is 0.652. The Bertz CT molecular complexity index is 832. The van der Waals surface area contributed by atoms with E-state index in [9.17, 15) is 9.18 Å². The van der Waals surface area contributed by atoms with Crippen molar-refractivity contribution in [1.29, 1.82) is 0 Å². The van der Waals surface area contributed by atoms with Crippen LogP contribution in [-0.4, -0.2) is 10.8 Å². The second kappa shape index (κ2) is 5.74. The Labute approximate surface area is 129 Å². The monoisotopic (exact) mass is 343 g/mol. The van der Waals surface area contributed by atoms with Crippen LogP contribution in [0.2, 0.25) is 0 Å². The van der Waals surface area contributed by atoms with Crippen molar-refractivity contribution in [2.75, 3.05) is 0 Å². The fourth-order valence-electron chi connectivity index (χ4n) is 2.19. The van der Waals surface area contributed by atoms with E-state index in [0.29, 0.717) is 10.0 Å². The van der Waals surface area contributed by atoms with Gasteiger partial charge in [0.2, 0.25) is 0 Å². The summed E-state index contributed by atoms with van der Waals surface area (Å²) in [6.45, 7) is 0. The Morgan fingerprint density at radius 1 is 1.14 bits per heavy atom. The van der Waals surface area contributed by atoms with E-state index in [4.69, 9.17) is 0 Å². The number of hydrogen-bond acceptors (Lipinski definition) is 2. The van der Waals surface area contributed by atoms with Crippen molar-refractivity contribution in [2.45, 2.75) is 6.42 Å². The van der Waals surface area contributed by atoms with Crippen LogP contribution in [-0.2, 0) is 6.42 Å². The van der Waals surface area contributed by atoms with Gasteiger partial charge in [-0.05, 0) is 57.9 Å². The third-order valence-electron chi connectivity index (χ3n) is 3.27. The molecule has 4 heteroatoms. The van der Waals surface area contributed by atoms with Gasteiger partial charge in [0.05, 0.1) is 9.99 Å². The Hall–Kier alpha value is -2.07. The maximum atomic E-state index is 13.2. The van der Waals surface area contributed by atoms with Gasteiger partial charge in [-0.3, -0.25) is 9.78 Å². The van der Waals surface area contributed by atoms with E-state index in [1.165, 1.54) is 6.07 Å². The molecule has 0 atom stereocenters. The highest BCUT2D eigenvalue weighted by molar-refractivity contribution is 9.10. The largest absolute Gasteiger partial charge is 0.294 e. The number of fused-ring (bicyclic) bond motifs is 1. The molecular formula is C17H11BrFNO. The Morgan fingerprint density at radius 2 is 2.00 bits per heavy atom. The van der Waals surface area contributed by atoms with E-state index in [-0.39, 0.29) is 18.0 Å². The summed E-state index contributed by atoms with van der Waals surface area (Å²) in [6, 6.07) is 13.8. The predicted octanol–water partition coefficient (Wildman–Crippen LogP) is 4.56. The zero-order chi connectivity index (χ0) is 14.8. The fourth-order valence-corrected chi connectivity index (χ4v) is 2.61. The van der Waals surface area contributed by atoms with Crippen LogP contribution in [0.3, 0.4) is 0 Å². The molecule has 104 valence electrons. The molecule has 0 N–H and O–H groups in total. The molecule has 0 saturated heterocycles. The normalized spacial score (nSPS) is 10.8. The molecular weight excluding hydrogens is 333 g/mol. The number of hydrogen-bond donors (Lipinski definition) is 0. The molecule has 0 aliphatic heterocycles. The van der Waals surface area contributed by atoms with Crippen LogP contribution in [0.5, 0.6) is 0 Å². The van der Waals surface area contributed by atoms with Crippen LogP contribution >= 0.6 is 15.9 Å². The molecule has 0 aliphatic rings. The molecule has 21 heavy (non-hydrogen) atoms. The number of Topliss-reactive ketones (excluding diaryl/α,β-unsaturated/α-hetero) is 1. The number of benzene rings is 2. The van der Waals surface area contributed by atoms with E-state index in [1.807, 2.05) is 24.3 Å². The maximum Gasteiger partial charge on any atom is 0.167 e.